The second-order valence-electron chi connectivity index (χ2n) is 5.43. The van der Waals surface area contributed by atoms with Gasteiger partial charge in [0.15, 0.2) is 0 Å². The molecular formula is C15H23NO2. The lowest BCUT2D eigenvalue weighted by atomic mass is 9.86. The molecule has 2 rings (SSSR count). The first-order chi connectivity index (χ1) is 8.52. The van der Waals surface area contributed by atoms with Gasteiger partial charge in [-0.05, 0) is 36.1 Å². The van der Waals surface area contributed by atoms with Crippen molar-refractivity contribution in [2.75, 3.05) is 7.11 Å². The highest BCUT2D eigenvalue weighted by atomic mass is 16.5. The minimum Gasteiger partial charge on any atom is -0.488 e. The van der Waals surface area contributed by atoms with E-state index in [-0.39, 0.29) is 18.2 Å². The summed E-state index contributed by atoms with van der Waals surface area (Å²) in [5.41, 5.74) is 8.52. The Hall–Kier alpha value is -1.06. The van der Waals surface area contributed by atoms with E-state index < -0.39 is 0 Å². The maximum absolute atomic E-state index is 5.93. The topological polar surface area (TPSA) is 44.5 Å². The fourth-order valence-electron chi connectivity index (χ4n) is 2.60. The summed E-state index contributed by atoms with van der Waals surface area (Å²) in [7, 11) is 1.69. The highest BCUT2D eigenvalue weighted by Crippen LogP contribution is 2.29. The Morgan fingerprint density at radius 2 is 2.06 bits per heavy atom. The second-order valence-corrected chi connectivity index (χ2v) is 5.43. The molecule has 0 aromatic heterocycles. The van der Waals surface area contributed by atoms with Gasteiger partial charge in [-0.3, -0.25) is 0 Å². The van der Waals surface area contributed by atoms with Gasteiger partial charge in [0.1, 0.15) is 18.0 Å². The maximum atomic E-state index is 5.93. The number of methoxy groups -OCH3 is 1. The fourth-order valence-corrected chi connectivity index (χ4v) is 2.60. The van der Waals surface area contributed by atoms with Gasteiger partial charge in [0.05, 0.1) is 0 Å². The molecule has 100 valence electrons. The minimum atomic E-state index is 0.0232. The van der Waals surface area contributed by atoms with Gasteiger partial charge in [-0.1, -0.05) is 19.9 Å². The molecule has 1 aliphatic carbocycles. The summed E-state index contributed by atoms with van der Waals surface area (Å²) >= 11 is 0. The van der Waals surface area contributed by atoms with Gasteiger partial charge in [-0.25, -0.2) is 0 Å². The van der Waals surface area contributed by atoms with Crippen molar-refractivity contribution in [3.63, 3.8) is 0 Å². The van der Waals surface area contributed by atoms with Crippen molar-refractivity contribution in [3.05, 3.63) is 29.3 Å². The van der Waals surface area contributed by atoms with Crippen LogP contribution in [0.25, 0.3) is 0 Å². The third kappa shape index (κ3) is 2.52. The van der Waals surface area contributed by atoms with E-state index in [4.69, 9.17) is 15.2 Å². The van der Waals surface area contributed by atoms with Gasteiger partial charge in [-0.15, -0.1) is 0 Å². The largest absolute Gasteiger partial charge is 0.488 e. The molecule has 0 bridgehead atoms. The summed E-state index contributed by atoms with van der Waals surface area (Å²) < 4.78 is 11.3. The fraction of sp³-hybridized carbons (Fsp3) is 0.600. The SMILES string of the molecule is COC1C(N)CC1Oc1ccc(C(C)C)c(C)c1. The first kappa shape index (κ1) is 13.4. The van der Waals surface area contributed by atoms with E-state index in [2.05, 4.69) is 32.9 Å². The standard InChI is InChI=1S/C15H23NO2/c1-9(2)12-6-5-11(7-10(12)3)18-14-8-13(16)15(14)17-4/h5-7,9,13-15H,8,16H2,1-4H3. The van der Waals surface area contributed by atoms with Crippen LogP contribution in [-0.4, -0.2) is 25.4 Å². The van der Waals surface area contributed by atoms with Crippen molar-refractivity contribution in [2.45, 2.75) is 51.4 Å². The van der Waals surface area contributed by atoms with Gasteiger partial charge in [0.25, 0.3) is 0 Å². The molecule has 1 aromatic rings. The highest BCUT2D eigenvalue weighted by Gasteiger charge is 2.40. The minimum absolute atomic E-state index is 0.0232. The van der Waals surface area contributed by atoms with Crippen LogP contribution in [0.2, 0.25) is 0 Å². The molecule has 0 aliphatic heterocycles. The summed E-state index contributed by atoms with van der Waals surface area (Å²) in [6.07, 6.45) is 0.980. The zero-order chi connectivity index (χ0) is 13.3. The second kappa shape index (κ2) is 5.29. The van der Waals surface area contributed by atoms with Crippen LogP contribution in [0, 0.1) is 6.92 Å². The van der Waals surface area contributed by atoms with Crippen LogP contribution in [0.5, 0.6) is 5.75 Å². The Labute approximate surface area is 109 Å². The third-order valence-electron chi connectivity index (χ3n) is 3.72. The number of rotatable bonds is 4. The van der Waals surface area contributed by atoms with Crippen molar-refractivity contribution >= 4 is 0 Å². The van der Waals surface area contributed by atoms with E-state index in [0.29, 0.717) is 5.92 Å². The van der Waals surface area contributed by atoms with Crippen LogP contribution < -0.4 is 10.5 Å². The van der Waals surface area contributed by atoms with Crippen LogP contribution in [0.15, 0.2) is 18.2 Å². The molecule has 18 heavy (non-hydrogen) atoms. The van der Waals surface area contributed by atoms with E-state index in [1.54, 1.807) is 7.11 Å². The summed E-state index contributed by atoms with van der Waals surface area (Å²) in [5.74, 6) is 1.46. The number of hydrogen-bond donors (Lipinski definition) is 1. The molecule has 1 aromatic carbocycles. The van der Waals surface area contributed by atoms with Gasteiger partial charge in [0.2, 0.25) is 0 Å². The van der Waals surface area contributed by atoms with Gasteiger partial charge < -0.3 is 15.2 Å². The van der Waals surface area contributed by atoms with E-state index >= 15 is 0 Å². The summed E-state index contributed by atoms with van der Waals surface area (Å²) in [6.45, 7) is 6.53. The average molecular weight is 249 g/mol. The Bertz CT molecular complexity index is 417. The molecular weight excluding hydrogens is 226 g/mol. The molecule has 3 unspecified atom stereocenters. The summed E-state index contributed by atoms with van der Waals surface area (Å²) in [5, 5.41) is 0. The zero-order valence-electron chi connectivity index (χ0n) is 11.6. The molecule has 1 fully saturated rings. The molecule has 0 amide bonds. The Morgan fingerprint density at radius 1 is 1.33 bits per heavy atom. The van der Waals surface area contributed by atoms with Crippen molar-refractivity contribution in [1.82, 2.24) is 0 Å². The lowest BCUT2D eigenvalue weighted by Gasteiger charge is -2.41. The molecule has 0 heterocycles. The van der Waals surface area contributed by atoms with Crippen LogP contribution in [0.1, 0.15) is 37.3 Å². The predicted octanol–water partition coefficient (Wildman–Crippen LogP) is 2.61. The molecule has 2 N–H and O–H groups in total. The molecule has 1 saturated carbocycles. The van der Waals surface area contributed by atoms with Crippen molar-refractivity contribution in [1.29, 1.82) is 0 Å². The molecule has 0 saturated heterocycles. The van der Waals surface area contributed by atoms with E-state index in [9.17, 15) is 0 Å². The van der Waals surface area contributed by atoms with E-state index in [1.807, 2.05) is 6.07 Å². The normalized spacial score (nSPS) is 27.1. The Morgan fingerprint density at radius 3 is 2.56 bits per heavy atom. The Kier molecular flexibility index (Phi) is 3.93. The van der Waals surface area contributed by atoms with Crippen LogP contribution in [0.3, 0.4) is 0 Å². The first-order valence-corrected chi connectivity index (χ1v) is 6.58. The molecule has 3 nitrogen and oxygen atoms in total. The lowest BCUT2D eigenvalue weighted by Crippen LogP contribution is -2.59. The molecule has 0 spiro atoms. The van der Waals surface area contributed by atoms with Gasteiger partial charge >= 0.3 is 0 Å². The Balaban J connectivity index is 2.05. The van der Waals surface area contributed by atoms with E-state index in [1.165, 1.54) is 11.1 Å². The number of ether oxygens (including phenoxy) is 2. The predicted molar refractivity (Wildman–Crippen MR) is 73.1 cm³/mol. The number of benzene rings is 1. The zero-order valence-corrected chi connectivity index (χ0v) is 11.6. The van der Waals surface area contributed by atoms with E-state index in [0.717, 1.165) is 12.2 Å². The highest BCUT2D eigenvalue weighted by molar-refractivity contribution is 5.36. The van der Waals surface area contributed by atoms with Crippen molar-refractivity contribution in [2.24, 2.45) is 5.73 Å². The third-order valence-corrected chi connectivity index (χ3v) is 3.72. The molecule has 1 aliphatic rings. The maximum Gasteiger partial charge on any atom is 0.128 e. The number of hydrogen-bond acceptors (Lipinski definition) is 3. The quantitative estimate of drug-likeness (QED) is 0.892. The molecule has 3 atom stereocenters. The molecule has 3 heteroatoms. The van der Waals surface area contributed by atoms with Crippen LogP contribution >= 0.6 is 0 Å². The first-order valence-electron chi connectivity index (χ1n) is 6.58. The number of nitrogens with two attached hydrogens (primary N) is 1. The molecule has 0 radical (unpaired) electrons. The number of aryl methyl sites for hydroxylation is 1. The van der Waals surface area contributed by atoms with Gasteiger partial charge in [-0.2, -0.15) is 0 Å². The monoisotopic (exact) mass is 249 g/mol. The van der Waals surface area contributed by atoms with Gasteiger partial charge in [0, 0.05) is 19.6 Å². The van der Waals surface area contributed by atoms with Crippen LogP contribution in [-0.2, 0) is 4.74 Å². The lowest BCUT2D eigenvalue weighted by molar-refractivity contribution is -0.0782. The average Bonchev–Trinajstić information content (AvgIpc) is 2.28. The van der Waals surface area contributed by atoms with Crippen molar-refractivity contribution in [3.8, 4) is 5.75 Å². The smallest absolute Gasteiger partial charge is 0.128 e. The van der Waals surface area contributed by atoms with Crippen LogP contribution in [0.4, 0.5) is 0 Å². The summed E-state index contributed by atoms with van der Waals surface area (Å²) in [6, 6.07) is 6.40. The summed E-state index contributed by atoms with van der Waals surface area (Å²) in [4.78, 5) is 0. The van der Waals surface area contributed by atoms with Crippen molar-refractivity contribution < 1.29 is 9.47 Å².